The van der Waals surface area contributed by atoms with E-state index in [1.54, 1.807) is 17.0 Å². The number of hydrogen-bond acceptors (Lipinski definition) is 5. The van der Waals surface area contributed by atoms with Crippen molar-refractivity contribution in [2.45, 2.75) is 50.3 Å². The minimum atomic E-state index is -0.741. The summed E-state index contributed by atoms with van der Waals surface area (Å²) in [6.45, 7) is 3.88. The second kappa shape index (κ2) is 4.76. The molecule has 3 saturated heterocycles. The summed E-state index contributed by atoms with van der Waals surface area (Å²) in [5.41, 5.74) is 0.594. The van der Waals surface area contributed by atoms with E-state index in [2.05, 4.69) is 0 Å². The lowest BCUT2D eigenvalue weighted by Gasteiger charge is -2.27. The highest BCUT2D eigenvalue weighted by Gasteiger charge is 2.62. The predicted octanol–water partition coefficient (Wildman–Crippen LogP) is 0.748. The van der Waals surface area contributed by atoms with E-state index < -0.39 is 24.3 Å². The zero-order valence-corrected chi connectivity index (χ0v) is 12.5. The highest BCUT2D eigenvalue weighted by molar-refractivity contribution is 5.94. The second-order valence-corrected chi connectivity index (χ2v) is 6.45. The molecular weight excluding hydrogens is 286 g/mol. The van der Waals surface area contributed by atoms with Gasteiger partial charge in [0.2, 0.25) is 0 Å². The number of ether oxygens (including phenoxy) is 3. The fourth-order valence-electron chi connectivity index (χ4n) is 3.58. The summed E-state index contributed by atoms with van der Waals surface area (Å²) in [6, 6.07) is 8.72. The summed E-state index contributed by atoms with van der Waals surface area (Å²) in [5, 5.41) is 10.2. The van der Waals surface area contributed by atoms with Crippen LogP contribution in [0, 0.1) is 0 Å². The van der Waals surface area contributed by atoms with Crippen LogP contribution in [0.4, 0.5) is 0 Å². The number of carbonyl (C=O) groups is 1. The number of aliphatic hydroxyl groups excluding tert-OH is 1. The first-order valence-corrected chi connectivity index (χ1v) is 7.51. The quantitative estimate of drug-likeness (QED) is 0.829. The van der Waals surface area contributed by atoms with Crippen LogP contribution in [0.5, 0.6) is 0 Å². The van der Waals surface area contributed by atoms with E-state index in [0.717, 1.165) is 0 Å². The Morgan fingerprint density at radius 2 is 1.95 bits per heavy atom. The Hall–Kier alpha value is -1.47. The van der Waals surface area contributed by atoms with Crippen molar-refractivity contribution in [2.24, 2.45) is 0 Å². The number of nitrogens with zero attached hydrogens (tertiary/aromatic N) is 1. The van der Waals surface area contributed by atoms with E-state index in [9.17, 15) is 9.90 Å². The Labute approximate surface area is 128 Å². The predicted molar refractivity (Wildman–Crippen MR) is 76.0 cm³/mol. The molecule has 0 bridgehead atoms. The van der Waals surface area contributed by atoms with Crippen molar-refractivity contribution < 1.29 is 24.1 Å². The smallest absolute Gasteiger partial charge is 0.254 e. The molecule has 1 aromatic carbocycles. The van der Waals surface area contributed by atoms with E-state index in [1.165, 1.54) is 0 Å². The molecule has 0 aromatic heterocycles. The number of rotatable bonds is 1. The maximum Gasteiger partial charge on any atom is 0.254 e. The summed E-state index contributed by atoms with van der Waals surface area (Å²) >= 11 is 0. The van der Waals surface area contributed by atoms with Crippen LogP contribution in [0.1, 0.15) is 24.2 Å². The first-order valence-electron chi connectivity index (χ1n) is 7.51. The van der Waals surface area contributed by atoms with Gasteiger partial charge in [-0.1, -0.05) is 18.2 Å². The molecule has 6 heteroatoms. The SMILES string of the molecule is CC1(C)O[C@H]2O[C@H]3[C@@H]([C@H]2O1)N(C(=O)c1ccccc1)C[C@H]3O. The number of aliphatic hydroxyl groups is 1. The Morgan fingerprint density at radius 1 is 1.23 bits per heavy atom. The van der Waals surface area contributed by atoms with E-state index in [1.807, 2.05) is 32.0 Å². The van der Waals surface area contributed by atoms with Gasteiger partial charge in [-0.15, -0.1) is 0 Å². The lowest BCUT2D eigenvalue weighted by atomic mass is 10.1. The van der Waals surface area contributed by atoms with Crippen molar-refractivity contribution in [3.8, 4) is 0 Å². The van der Waals surface area contributed by atoms with Crippen molar-refractivity contribution in [3.63, 3.8) is 0 Å². The molecule has 118 valence electrons. The van der Waals surface area contributed by atoms with Crippen molar-refractivity contribution in [1.82, 2.24) is 4.90 Å². The minimum absolute atomic E-state index is 0.121. The van der Waals surface area contributed by atoms with Crippen molar-refractivity contribution >= 4 is 5.91 Å². The van der Waals surface area contributed by atoms with Crippen LogP contribution in [0.15, 0.2) is 30.3 Å². The molecule has 6 nitrogen and oxygen atoms in total. The molecule has 3 aliphatic rings. The van der Waals surface area contributed by atoms with Gasteiger partial charge in [-0.2, -0.15) is 0 Å². The Kier molecular flexibility index (Phi) is 3.06. The number of amides is 1. The summed E-state index contributed by atoms with van der Waals surface area (Å²) in [5.74, 6) is -0.861. The van der Waals surface area contributed by atoms with Crippen LogP contribution in [0.3, 0.4) is 0 Å². The number of β-amino-alcohol motifs (C(OH)–C–C–N with tert-alkyl or cyclic N) is 1. The van der Waals surface area contributed by atoms with E-state index in [0.29, 0.717) is 5.56 Å². The second-order valence-electron chi connectivity index (χ2n) is 6.45. The third-order valence-corrected chi connectivity index (χ3v) is 4.46. The monoisotopic (exact) mass is 305 g/mol. The molecule has 0 radical (unpaired) electrons. The van der Waals surface area contributed by atoms with Crippen LogP contribution < -0.4 is 0 Å². The molecule has 3 heterocycles. The van der Waals surface area contributed by atoms with Crippen LogP contribution in [-0.4, -0.2) is 58.9 Å². The highest BCUT2D eigenvalue weighted by atomic mass is 16.8. The first kappa shape index (κ1) is 14.1. The van der Waals surface area contributed by atoms with Gasteiger partial charge in [0.05, 0.1) is 18.7 Å². The van der Waals surface area contributed by atoms with Gasteiger partial charge in [0.15, 0.2) is 12.1 Å². The average molecular weight is 305 g/mol. The van der Waals surface area contributed by atoms with Crippen LogP contribution in [0.2, 0.25) is 0 Å². The van der Waals surface area contributed by atoms with E-state index >= 15 is 0 Å². The van der Waals surface area contributed by atoms with Gasteiger partial charge >= 0.3 is 0 Å². The molecule has 1 N–H and O–H groups in total. The van der Waals surface area contributed by atoms with E-state index in [4.69, 9.17) is 14.2 Å². The van der Waals surface area contributed by atoms with Gasteiger partial charge < -0.3 is 24.2 Å². The zero-order chi connectivity index (χ0) is 15.5. The summed E-state index contributed by atoms with van der Waals surface area (Å²) in [7, 11) is 0. The van der Waals surface area contributed by atoms with Crippen molar-refractivity contribution in [2.75, 3.05) is 6.54 Å². The lowest BCUT2D eigenvalue weighted by Crippen LogP contribution is -2.45. The summed E-state index contributed by atoms with van der Waals surface area (Å²) in [6.07, 6.45) is -2.09. The molecule has 1 amide bonds. The molecule has 3 fully saturated rings. The summed E-state index contributed by atoms with van der Waals surface area (Å²) < 4.78 is 17.4. The Balaban J connectivity index is 1.63. The van der Waals surface area contributed by atoms with Crippen LogP contribution >= 0.6 is 0 Å². The normalized spacial score (nSPS) is 38.9. The van der Waals surface area contributed by atoms with Crippen LogP contribution in [0.25, 0.3) is 0 Å². The Bertz CT molecular complexity index is 589. The molecule has 4 rings (SSSR count). The number of carbonyl (C=O) groups excluding carboxylic acids is 1. The third kappa shape index (κ3) is 2.06. The zero-order valence-electron chi connectivity index (χ0n) is 12.5. The first-order chi connectivity index (χ1) is 10.5. The molecule has 0 saturated carbocycles. The molecule has 3 aliphatic heterocycles. The maximum absolute atomic E-state index is 12.7. The van der Waals surface area contributed by atoms with Crippen LogP contribution in [-0.2, 0) is 14.2 Å². The summed E-state index contributed by atoms with van der Waals surface area (Å²) in [4.78, 5) is 14.4. The third-order valence-electron chi connectivity index (χ3n) is 4.46. The van der Waals surface area contributed by atoms with Gasteiger partial charge in [0.1, 0.15) is 12.2 Å². The average Bonchev–Trinajstić information content (AvgIpc) is 3.07. The van der Waals surface area contributed by atoms with Crippen molar-refractivity contribution in [3.05, 3.63) is 35.9 Å². The number of fused-ring (bicyclic) bond motifs is 3. The number of hydrogen-bond donors (Lipinski definition) is 1. The molecule has 0 aliphatic carbocycles. The van der Waals surface area contributed by atoms with Gasteiger partial charge in [0.25, 0.3) is 5.91 Å². The molecule has 1 aromatic rings. The van der Waals surface area contributed by atoms with Gasteiger partial charge in [-0.25, -0.2) is 0 Å². The topological polar surface area (TPSA) is 68.2 Å². The maximum atomic E-state index is 12.7. The Morgan fingerprint density at radius 3 is 2.68 bits per heavy atom. The van der Waals surface area contributed by atoms with Gasteiger partial charge in [0, 0.05) is 5.56 Å². The van der Waals surface area contributed by atoms with Gasteiger partial charge in [-0.05, 0) is 26.0 Å². The molecular formula is C16H19NO5. The lowest BCUT2D eigenvalue weighted by molar-refractivity contribution is -0.212. The number of benzene rings is 1. The number of likely N-dealkylation sites (tertiary alicyclic amines) is 1. The standard InChI is InChI=1S/C16H19NO5/c1-16(2)21-13-11-12(20-15(13)22-16)10(18)8-17(11)14(19)9-6-4-3-5-7-9/h3-7,10-13,15,18H,8H2,1-2H3/t10-,11+,12-,13-,15-/m1/s1. The molecule has 22 heavy (non-hydrogen) atoms. The van der Waals surface area contributed by atoms with Gasteiger partial charge in [-0.3, -0.25) is 4.79 Å². The molecule has 0 spiro atoms. The fourth-order valence-corrected chi connectivity index (χ4v) is 3.58. The molecule has 5 atom stereocenters. The fraction of sp³-hybridized carbons (Fsp3) is 0.562. The minimum Gasteiger partial charge on any atom is -0.388 e. The highest BCUT2D eigenvalue weighted by Crippen LogP contribution is 2.43. The largest absolute Gasteiger partial charge is 0.388 e. The van der Waals surface area contributed by atoms with E-state index in [-0.39, 0.29) is 24.6 Å². The molecule has 0 unspecified atom stereocenters. The van der Waals surface area contributed by atoms with Crippen molar-refractivity contribution in [1.29, 1.82) is 0 Å².